The number of aromatic nitrogens is 3. The first-order chi connectivity index (χ1) is 9.57. The van der Waals surface area contributed by atoms with Gasteiger partial charge in [0, 0.05) is 26.7 Å². The lowest BCUT2D eigenvalue weighted by Gasteiger charge is -2.28. The van der Waals surface area contributed by atoms with E-state index in [1.54, 1.807) is 22.8 Å². The van der Waals surface area contributed by atoms with Gasteiger partial charge in [-0.3, -0.25) is 4.79 Å². The molecule has 0 bridgehead atoms. The summed E-state index contributed by atoms with van der Waals surface area (Å²) in [6.07, 6.45) is 5.30. The van der Waals surface area contributed by atoms with E-state index in [-0.39, 0.29) is 5.91 Å². The third-order valence-electron chi connectivity index (χ3n) is 4.28. The highest BCUT2D eigenvalue weighted by molar-refractivity contribution is 5.91. The van der Waals surface area contributed by atoms with Crippen molar-refractivity contribution < 1.29 is 9.90 Å². The number of aliphatic hydroxyl groups is 1. The summed E-state index contributed by atoms with van der Waals surface area (Å²) in [6.45, 7) is 2.10. The van der Waals surface area contributed by atoms with Crippen molar-refractivity contribution in [2.24, 2.45) is 0 Å². The third kappa shape index (κ3) is 2.55. The quantitative estimate of drug-likeness (QED) is 0.797. The zero-order valence-electron chi connectivity index (χ0n) is 11.7. The molecular weight excluding hydrogens is 258 g/mol. The van der Waals surface area contributed by atoms with Gasteiger partial charge in [-0.05, 0) is 12.8 Å². The van der Waals surface area contributed by atoms with Crippen LogP contribution >= 0.6 is 0 Å². The molecule has 0 atom stereocenters. The Morgan fingerprint density at radius 1 is 1.55 bits per heavy atom. The molecule has 1 aliphatic carbocycles. The van der Waals surface area contributed by atoms with E-state index in [0.29, 0.717) is 18.3 Å². The predicted molar refractivity (Wildman–Crippen MR) is 72.3 cm³/mol. The van der Waals surface area contributed by atoms with Crippen molar-refractivity contribution in [1.29, 1.82) is 0 Å². The van der Waals surface area contributed by atoms with Gasteiger partial charge in [-0.1, -0.05) is 18.1 Å². The summed E-state index contributed by atoms with van der Waals surface area (Å²) in [5, 5.41) is 21.5. The molecule has 20 heavy (non-hydrogen) atoms. The highest BCUT2D eigenvalue weighted by Crippen LogP contribution is 2.30. The highest BCUT2D eigenvalue weighted by Gasteiger charge is 2.34. The lowest BCUT2D eigenvalue weighted by Crippen LogP contribution is -2.43. The van der Waals surface area contributed by atoms with E-state index >= 15 is 0 Å². The Morgan fingerprint density at radius 2 is 2.25 bits per heavy atom. The standard InChI is InChI=1S/C13H21N5O2/c1-17(9-13(20)4-2-3-5-13)12(19)11-8-18(16-15-11)10-6-14-7-10/h8,10,14,20H,2-7,9H2,1H3. The maximum Gasteiger partial charge on any atom is 0.275 e. The summed E-state index contributed by atoms with van der Waals surface area (Å²) in [5.41, 5.74) is -0.376. The van der Waals surface area contributed by atoms with E-state index in [4.69, 9.17) is 0 Å². The minimum atomic E-state index is -0.724. The van der Waals surface area contributed by atoms with Crippen LogP contribution in [-0.2, 0) is 0 Å². The Hall–Kier alpha value is -1.47. The Morgan fingerprint density at radius 3 is 2.85 bits per heavy atom. The molecule has 2 heterocycles. The molecule has 0 unspecified atom stereocenters. The van der Waals surface area contributed by atoms with Gasteiger partial charge in [0.1, 0.15) is 0 Å². The molecule has 1 aliphatic heterocycles. The first kappa shape index (κ1) is 13.5. The van der Waals surface area contributed by atoms with E-state index in [1.807, 2.05) is 0 Å². The molecule has 1 aromatic rings. The van der Waals surface area contributed by atoms with Gasteiger partial charge in [0.05, 0.1) is 17.8 Å². The maximum absolute atomic E-state index is 12.3. The van der Waals surface area contributed by atoms with Crippen LogP contribution in [0.5, 0.6) is 0 Å². The fourth-order valence-corrected chi connectivity index (χ4v) is 2.91. The molecule has 0 radical (unpaired) electrons. The second-order valence-corrected chi connectivity index (χ2v) is 5.99. The number of carbonyl (C=O) groups excluding carboxylic acids is 1. The van der Waals surface area contributed by atoms with Crippen LogP contribution in [0.25, 0.3) is 0 Å². The summed E-state index contributed by atoms with van der Waals surface area (Å²) < 4.78 is 1.74. The van der Waals surface area contributed by atoms with Crippen LogP contribution in [0.2, 0.25) is 0 Å². The smallest absolute Gasteiger partial charge is 0.275 e. The van der Waals surface area contributed by atoms with E-state index in [1.165, 1.54) is 0 Å². The fourth-order valence-electron chi connectivity index (χ4n) is 2.91. The first-order valence-corrected chi connectivity index (χ1v) is 7.18. The van der Waals surface area contributed by atoms with Gasteiger partial charge in [-0.25, -0.2) is 4.68 Å². The van der Waals surface area contributed by atoms with E-state index in [0.717, 1.165) is 38.8 Å². The molecule has 1 aromatic heterocycles. The minimum absolute atomic E-state index is 0.177. The van der Waals surface area contributed by atoms with Crippen LogP contribution in [-0.4, -0.2) is 63.2 Å². The van der Waals surface area contributed by atoms with Gasteiger partial charge in [-0.2, -0.15) is 0 Å². The first-order valence-electron chi connectivity index (χ1n) is 7.18. The zero-order chi connectivity index (χ0) is 14.2. The molecule has 2 N–H and O–H groups in total. The molecule has 7 heteroatoms. The van der Waals surface area contributed by atoms with Crippen molar-refractivity contribution in [2.75, 3.05) is 26.7 Å². The summed E-state index contributed by atoms with van der Waals surface area (Å²) >= 11 is 0. The van der Waals surface area contributed by atoms with E-state index in [9.17, 15) is 9.90 Å². The van der Waals surface area contributed by atoms with Crippen molar-refractivity contribution in [3.05, 3.63) is 11.9 Å². The average molecular weight is 279 g/mol. The Kier molecular flexibility index (Phi) is 3.47. The van der Waals surface area contributed by atoms with Gasteiger partial charge < -0.3 is 15.3 Å². The second-order valence-electron chi connectivity index (χ2n) is 5.99. The molecule has 3 rings (SSSR count). The summed E-state index contributed by atoms with van der Waals surface area (Å²) in [4.78, 5) is 13.9. The van der Waals surface area contributed by atoms with Gasteiger partial charge in [0.2, 0.25) is 0 Å². The number of hydrogen-bond donors (Lipinski definition) is 2. The van der Waals surface area contributed by atoms with E-state index in [2.05, 4.69) is 15.6 Å². The summed E-state index contributed by atoms with van der Waals surface area (Å²) in [5.74, 6) is -0.177. The number of amides is 1. The Balaban J connectivity index is 1.63. The van der Waals surface area contributed by atoms with Crippen LogP contribution in [0.4, 0.5) is 0 Å². The Bertz CT molecular complexity index is 491. The van der Waals surface area contributed by atoms with E-state index < -0.39 is 5.60 Å². The highest BCUT2D eigenvalue weighted by atomic mass is 16.3. The molecule has 0 aromatic carbocycles. The topological polar surface area (TPSA) is 83.3 Å². The van der Waals surface area contributed by atoms with Gasteiger partial charge in [-0.15, -0.1) is 5.10 Å². The van der Waals surface area contributed by atoms with Gasteiger partial charge >= 0.3 is 0 Å². The molecular formula is C13H21N5O2. The number of likely N-dealkylation sites (N-methyl/N-ethyl adjacent to an activating group) is 1. The van der Waals surface area contributed by atoms with Crippen LogP contribution in [0.1, 0.15) is 42.2 Å². The van der Waals surface area contributed by atoms with Crippen LogP contribution in [0, 0.1) is 0 Å². The molecule has 110 valence electrons. The maximum atomic E-state index is 12.3. The number of hydrogen-bond acceptors (Lipinski definition) is 5. The molecule has 1 saturated heterocycles. The molecule has 2 aliphatic rings. The van der Waals surface area contributed by atoms with Crippen LogP contribution in [0.3, 0.4) is 0 Å². The number of carbonyl (C=O) groups is 1. The number of rotatable bonds is 4. The lowest BCUT2D eigenvalue weighted by molar-refractivity contribution is 0.0154. The number of nitrogens with one attached hydrogen (secondary N) is 1. The lowest BCUT2D eigenvalue weighted by atomic mass is 10.0. The zero-order valence-corrected chi connectivity index (χ0v) is 11.7. The molecule has 1 saturated carbocycles. The van der Waals surface area contributed by atoms with Crippen molar-refractivity contribution in [1.82, 2.24) is 25.2 Å². The molecule has 2 fully saturated rings. The van der Waals surface area contributed by atoms with Gasteiger partial charge in [0.25, 0.3) is 5.91 Å². The van der Waals surface area contributed by atoms with Crippen molar-refractivity contribution in [3.8, 4) is 0 Å². The summed E-state index contributed by atoms with van der Waals surface area (Å²) in [6, 6.07) is 0.299. The number of nitrogens with zero attached hydrogens (tertiary/aromatic N) is 4. The van der Waals surface area contributed by atoms with Crippen LogP contribution in [0.15, 0.2) is 6.20 Å². The normalized spacial score (nSPS) is 21.7. The third-order valence-corrected chi connectivity index (χ3v) is 4.28. The molecule has 1 amide bonds. The predicted octanol–water partition coefficient (Wildman–Crippen LogP) is -0.200. The van der Waals surface area contributed by atoms with Gasteiger partial charge in [0.15, 0.2) is 5.69 Å². The fraction of sp³-hybridized carbons (Fsp3) is 0.769. The SMILES string of the molecule is CN(CC1(O)CCCC1)C(=O)c1cn(C2CNC2)nn1. The van der Waals surface area contributed by atoms with Crippen molar-refractivity contribution in [2.45, 2.75) is 37.3 Å². The largest absolute Gasteiger partial charge is 0.388 e. The van der Waals surface area contributed by atoms with Crippen molar-refractivity contribution >= 4 is 5.91 Å². The molecule has 7 nitrogen and oxygen atoms in total. The summed E-state index contributed by atoms with van der Waals surface area (Å²) in [7, 11) is 1.71. The van der Waals surface area contributed by atoms with Crippen LogP contribution < -0.4 is 5.32 Å². The average Bonchev–Trinajstić information content (AvgIpc) is 2.96. The monoisotopic (exact) mass is 279 g/mol. The second kappa shape index (κ2) is 5.14. The Labute approximate surface area is 117 Å². The molecule has 0 spiro atoms. The minimum Gasteiger partial charge on any atom is -0.388 e. The van der Waals surface area contributed by atoms with Crippen molar-refractivity contribution in [3.63, 3.8) is 0 Å².